The van der Waals surface area contributed by atoms with Crippen molar-refractivity contribution in [2.75, 3.05) is 0 Å². The highest BCUT2D eigenvalue weighted by molar-refractivity contribution is 9.11. The Morgan fingerprint density at radius 3 is 2.24 bits per heavy atom. The minimum absolute atomic E-state index is 0.617. The van der Waals surface area contributed by atoms with Crippen LogP contribution in [0.25, 0.3) is 6.08 Å². The highest BCUT2D eigenvalue weighted by atomic mass is 79.9. The van der Waals surface area contributed by atoms with Crippen LogP contribution in [-0.2, 0) is 0 Å². The summed E-state index contributed by atoms with van der Waals surface area (Å²) >= 11 is 8.97. The van der Waals surface area contributed by atoms with Crippen LogP contribution in [0.5, 0.6) is 0 Å². The van der Waals surface area contributed by atoms with Crippen molar-refractivity contribution < 1.29 is 0 Å². The van der Waals surface area contributed by atoms with E-state index in [9.17, 15) is 0 Å². The molecule has 1 aromatic rings. The maximum absolute atomic E-state index is 5.67. The van der Waals surface area contributed by atoms with Gasteiger partial charge in [-0.2, -0.15) is 0 Å². The fourth-order valence-electron chi connectivity index (χ4n) is 1.01. The van der Waals surface area contributed by atoms with E-state index in [0.717, 1.165) is 10.9 Å². The lowest BCUT2D eigenvalue weighted by Gasteiger charge is -1.87. The van der Waals surface area contributed by atoms with E-state index in [1.807, 2.05) is 76.3 Å². The standard InChI is InChI=1S/C8H11BrClN.C8H8.C2H6/c1-3-5-7(9)6-11-8(10)4-2;1-2-8-6-4-3-5-7-8;1-2/h3,5-6H,4H2,1-2H3;2-7H,1H2;1-2H3/b5-3+,7-6+,11-8?;;. The second-order valence-corrected chi connectivity index (χ2v) is 4.84. The maximum atomic E-state index is 5.67. The Morgan fingerprint density at radius 1 is 1.29 bits per heavy atom. The topological polar surface area (TPSA) is 12.4 Å². The molecule has 0 aliphatic rings. The molecule has 3 heteroatoms. The summed E-state index contributed by atoms with van der Waals surface area (Å²) in [6.45, 7) is 11.5. The largest absolute Gasteiger partial charge is 0.248 e. The molecule has 0 bridgehead atoms. The summed E-state index contributed by atoms with van der Waals surface area (Å²) in [6.07, 6.45) is 8.12. The number of nitrogens with zero attached hydrogens (tertiary/aromatic N) is 1. The van der Waals surface area contributed by atoms with Gasteiger partial charge in [0.1, 0.15) is 5.17 Å². The van der Waals surface area contributed by atoms with Crippen LogP contribution in [0.4, 0.5) is 0 Å². The first-order valence-electron chi connectivity index (χ1n) is 7.02. The van der Waals surface area contributed by atoms with Crippen molar-refractivity contribution in [1.82, 2.24) is 0 Å². The van der Waals surface area contributed by atoms with Crippen molar-refractivity contribution in [3.63, 3.8) is 0 Å². The molecule has 0 aliphatic carbocycles. The number of allylic oxidation sites excluding steroid dienone is 3. The minimum atomic E-state index is 0.617. The smallest absolute Gasteiger partial charge is 0.106 e. The Kier molecular flexibility index (Phi) is 17.9. The molecule has 0 saturated carbocycles. The second kappa shape index (κ2) is 16.9. The van der Waals surface area contributed by atoms with E-state index in [1.165, 1.54) is 5.56 Å². The summed E-state index contributed by atoms with van der Waals surface area (Å²) in [6, 6.07) is 10.0. The number of halogens is 2. The molecule has 0 unspecified atom stereocenters. The van der Waals surface area contributed by atoms with Gasteiger partial charge in [-0.05, 0) is 34.8 Å². The van der Waals surface area contributed by atoms with Crippen molar-refractivity contribution in [2.45, 2.75) is 34.1 Å². The van der Waals surface area contributed by atoms with Crippen LogP contribution in [0.2, 0.25) is 0 Å². The highest BCUT2D eigenvalue weighted by Gasteiger charge is 1.85. The predicted octanol–water partition coefficient (Wildman–Crippen LogP) is 7.20. The molecule has 0 saturated heterocycles. The average Bonchev–Trinajstić information content (AvgIpc) is 2.56. The van der Waals surface area contributed by atoms with Crippen LogP contribution in [-0.4, -0.2) is 5.17 Å². The van der Waals surface area contributed by atoms with Gasteiger partial charge in [-0.15, -0.1) is 0 Å². The zero-order valence-electron chi connectivity index (χ0n) is 13.3. The van der Waals surface area contributed by atoms with Gasteiger partial charge in [-0.3, -0.25) is 0 Å². The Bertz CT molecular complexity index is 448. The summed E-state index contributed by atoms with van der Waals surface area (Å²) in [5, 5.41) is 0.617. The van der Waals surface area contributed by atoms with Crippen LogP contribution < -0.4 is 0 Å². The number of rotatable bonds is 4. The number of aliphatic imine (C=N–C) groups is 1. The van der Waals surface area contributed by atoms with Crippen LogP contribution in [0.3, 0.4) is 0 Å². The Labute approximate surface area is 143 Å². The zero-order chi connectivity index (χ0) is 16.5. The molecule has 0 N–H and O–H groups in total. The molecule has 0 fully saturated rings. The van der Waals surface area contributed by atoms with Crippen LogP contribution in [0.1, 0.15) is 39.7 Å². The van der Waals surface area contributed by atoms with Gasteiger partial charge in [-0.25, -0.2) is 4.99 Å². The Balaban J connectivity index is 0. The first kappa shape index (κ1) is 22.2. The lowest BCUT2D eigenvalue weighted by molar-refractivity contribution is 1.30. The van der Waals surface area contributed by atoms with Gasteiger partial charge >= 0.3 is 0 Å². The molecule has 1 aromatic carbocycles. The Hall–Kier alpha value is -1.12. The third-order valence-electron chi connectivity index (χ3n) is 1.98. The molecular weight excluding hydrogens is 346 g/mol. The van der Waals surface area contributed by atoms with Gasteiger partial charge in [0.15, 0.2) is 0 Å². The van der Waals surface area contributed by atoms with Gasteiger partial charge in [0.2, 0.25) is 0 Å². The summed E-state index contributed by atoms with van der Waals surface area (Å²) in [4.78, 5) is 3.98. The molecule has 0 aromatic heterocycles. The monoisotopic (exact) mass is 369 g/mol. The van der Waals surface area contributed by atoms with Gasteiger partial charge in [-0.1, -0.05) is 87.5 Å². The number of benzene rings is 1. The third kappa shape index (κ3) is 15.1. The number of hydrogen-bond acceptors (Lipinski definition) is 1. The summed E-state index contributed by atoms with van der Waals surface area (Å²) < 4.78 is 0.923. The predicted molar refractivity (Wildman–Crippen MR) is 103 cm³/mol. The van der Waals surface area contributed by atoms with Crippen molar-refractivity contribution in [3.05, 3.63) is 65.3 Å². The normalized spacial score (nSPS) is 11.1. The van der Waals surface area contributed by atoms with E-state index in [1.54, 1.807) is 6.20 Å². The quantitative estimate of drug-likeness (QED) is 0.392. The minimum Gasteiger partial charge on any atom is -0.248 e. The first-order chi connectivity index (χ1) is 10.1. The van der Waals surface area contributed by atoms with Crippen molar-refractivity contribution in [3.8, 4) is 0 Å². The van der Waals surface area contributed by atoms with Crippen molar-refractivity contribution >= 4 is 38.8 Å². The van der Waals surface area contributed by atoms with E-state index in [4.69, 9.17) is 11.6 Å². The molecular formula is C18H25BrClN. The van der Waals surface area contributed by atoms with E-state index in [-0.39, 0.29) is 0 Å². The molecule has 1 nitrogen and oxygen atoms in total. The van der Waals surface area contributed by atoms with E-state index >= 15 is 0 Å². The molecule has 1 rings (SSSR count). The van der Waals surface area contributed by atoms with Gasteiger partial charge < -0.3 is 0 Å². The summed E-state index contributed by atoms with van der Waals surface area (Å²) in [5.74, 6) is 0. The average molecular weight is 371 g/mol. The summed E-state index contributed by atoms with van der Waals surface area (Å²) in [5.41, 5.74) is 1.17. The lowest BCUT2D eigenvalue weighted by atomic mass is 10.2. The first-order valence-corrected chi connectivity index (χ1v) is 8.19. The van der Waals surface area contributed by atoms with Crippen LogP contribution in [0.15, 0.2) is 64.7 Å². The van der Waals surface area contributed by atoms with E-state index in [0.29, 0.717) is 5.17 Å². The molecule has 0 amide bonds. The molecule has 0 spiro atoms. The van der Waals surface area contributed by atoms with E-state index < -0.39 is 0 Å². The highest BCUT2D eigenvalue weighted by Crippen LogP contribution is 2.07. The molecule has 21 heavy (non-hydrogen) atoms. The fraction of sp³-hybridized carbons (Fsp3) is 0.278. The zero-order valence-corrected chi connectivity index (χ0v) is 15.7. The molecule has 0 atom stereocenters. The maximum Gasteiger partial charge on any atom is 0.106 e. The SMILES string of the molecule is C/C=C/C(Br)=C\N=C(Cl)CC.C=Cc1ccccc1.CC. The van der Waals surface area contributed by atoms with Crippen molar-refractivity contribution in [1.29, 1.82) is 0 Å². The molecule has 0 heterocycles. The number of hydrogen-bond donors (Lipinski definition) is 0. The van der Waals surface area contributed by atoms with Crippen LogP contribution in [0, 0.1) is 0 Å². The van der Waals surface area contributed by atoms with E-state index in [2.05, 4.69) is 27.5 Å². The van der Waals surface area contributed by atoms with Crippen LogP contribution >= 0.6 is 27.5 Å². The molecule has 0 aliphatic heterocycles. The van der Waals surface area contributed by atoms with Crippen molar-refractivity contribution in [2.24, 2.45) is 4.99 Å². The summed E-state index contributed by atoms with van der Waals surface area (Å²) in [7, 11) is 0. The van der Waals surface area contributed by atoms with Gasteiger partial charge in [0.05, 0.1) is 0 Å². The third-order valence-corrected chi connectivity index (χ3v) is 2.81. The second-order valence-electron chi connectivity index (χ2n) is 3.49. The Morgan fingerprint density at radius 2 is 1.86 bits per heavy atom. The fourth-order valence-corrected chi connectivity index (χ4v) is 1.43. The molecule has 0 radical (unpaired) electrons. The molecule has 116 valence electrons. The lowest BCUT2D eigenvalue weighted by Crippen LogP contribution is -1.79. The van der Waals surface area contributed by atoms with Gasteiger partial charge in [0.25, 0.3) is 0 Å². The van der Waals surface area contributed by atoms with Gasteiger partial charge in [0, 0.05) is 10.7 Å².